The van der Waals surface area contributed by atoms with Gasteiger partial charge in [-0.3, -0.25) is 0 Å². The van der Waals surface area contributed by atoms with E-state index in [0.29, 0.717) is 11.6 Å². The van der Waals surface area contributed by atoms with E-state index in [4.69, 9.17) is 0 Å². The van der Waals surface area contributed by atoms with Crippen LogP contribution in [-0.4, -0.2) is 23.1 Å². The molecule has 2 aliphatic rings. The molecular weight excluding hydrogens is 303 g/mol. The molecule has 2 heterocycles. The molecule has 0 spiro atoms. The summed E-state index contributed by atoms with van der Waals surface area (Å²) in [5.74, 6) is 1.54. The van der Waals surface area contributed by atoms with Gasteiger partial charge in [0.2, 0.25) is 5.95 Å². The normalized spacial score (nSPS) is 24.0. The van der Waals surface area contributed by atoms with E-state index in [2.05, 4.69) is 9.97 Å². The summed E-state index contributed by atoms with van der Waals surface area (Å²) in [6, 6.07) is 1.02. The average Bonchev–Trinajstić information content (AvgIpc) is 2.54. The molecule has 1 saturated carbocycles. The third-order valence-electron chi connectivity index (χ3n) is 5.19. The molecule has 6 heteroatoms. The number of halogens is 3. The van der Waals surface area contributed by atoms with Gasteiger partial charge in [0.05, 0.1) is 0 Å². The maximum absolute atomic E-state index is 13.0. The number of alkyl halides is 3. The fourth-order valence-electron chi connectivity index (χ4n) is 4.02. The van der Waals surface area contributed by atoms with E-state index in [1.165, 1.54) is 38.5 Å². The van der Waals surface area contributed by atoms with Gasteiger partial charge in [0.1, 0.15) is 5.69 Å². The summed E-state index contributed by atoms with van der Waals surface area (Å²) in [5.41, 5.74) is -0.457. The summed E-state index contributed by atoms with van der Waals surface area (Å²) in [4.78, 5) is 10.0. The van der Waals surface area contributed by atoms with Crippen molar-refractivity contribution in [2.45, 2.75) is 58.0 Å². The summed E-state index contributed by atoms with van der Waals surface area (Å²) in [5, 5.41) is 0. The van der Waals surface area contributed by atoms with Gasteiger partial charge in [-0.05, 0) is 37.7 Å². The number of hydrogen-bond donors (Lipinski definition) is 0. The van der Waals surface area contributed by atoms with E-state index in [9.17, 15) is 13.2 Å². The number of piperidine rings is 1. The van der Waals surface area contributed by atoms with Crippen LogP contribution in [0.5, 0.6) is 0 Å². The van der Waals surface area contributed by atoms with E-state index in [1.807, 2.05) is 4.90 Å². The largest absolute Gasteiger partial charge is 0.433 e. The Kier molecular flexibility index (Phi) is 4.78. The van der Waals surface area contributed by atoms with Crippen molar-refractivity contribution < 1.29 is 13.2 Å². The zero-order valence-corrected chi connectivity index (χ0v) is 13.6. The number of rotatable bonds is 2. The molecule has 128 valence electrons. The Bertz CT molecular complexity index is 538. The molecule has 1 unspecified atom stereocenters. The maximum Gasteiger partial charge on any atom is 0.433 e. The lowest BCUT2D eigenvalue weighted by atomic mass is 9.76. The lowest BCUT2D eigenvalue weighted by Crippen LogP contribution is -2.40. The third kappa shape index (κ3) is 3.96. The quantitative estimate of drug-likeness (QED) is 0.795. The molecule has 0 aromatic carbocycles. The minimum Gasteiger partial charge on any atom is -0.341 e. The highest BCUT2D eigenvalue weighted by Crippen LogP contribution is 2.36. The SMILES string of the molecule is Cc1cc(C(F)(F)F)nc(N2CCCC(C3CCCCC3)C2)n1. The number of nitrogens with zero attached hydrogens (tertiary/aromatic N) is 3. The van der Waals surface area contributed by atoms with Crippen LogP contribution in [-0.2, 0) is 6.18 Å². The molecule has 3 nitrogen and oxygen atoms in total. The van der Waals surface area contributed by atoms with E-state index in [0.717, 1.165) is 31.5 Å². The molecule has 0 amide bonds. The van der Waals surface area contributed by atoms with Crippen molar-refractivity contribution in [2.75, 3.05) is 18.0 Å². The van der Waals surface area contributed by atoms with Crippen LogP contribution in [0.4, 0.5) is 19.1 Å². The number of anilines is 1. The van der Waals surface area contributed by atoms with Crippen LogP contribution in [0.25, 0.3) is 0 Å². The van der Waals surface area contributed by atoms with Gasteiger partial charge in [0.25, 0.3) is 0 Å². The first-order valence-electron chi connectivity index (χ1n) is 8.61. The molecule has 1 atom stereocenters. The minimum absolute atomic E-state index is 0.248. The molecule has 23 heavy (non-hydrogen) atoms. The zero-order valence-electron chi connectivity index (χ0n) is 13.6. The van der Waals surface area contributed by atoms with Gasteiger partial charge in [0, 0.05) is 18.8 Å². The van der Waals surface area contributed by atoms with Crippen molar-refractivity contribution >= 4 is 5.95 Å². The molecule has 1 aliphatic heterocycles. The summed E-state index contributed by atoms with van der Waals surface area (Å²) in [6.07, 6.45) is 4.21. The van der Waals surface area contributed by atoms with Gasteiger partial charge in [-0.2, -0.15) is 13.2 Å². The molecule has 1 aromatic rings. The topological polar surface area (TPSA) is 29.0 Å². The second-order valence-electron chi connectivity index (χ2n) is 6.94. The fraction of sp³-hybridized carbons (Fsp3) is 0.765. The second kappa shape index (κ2) is 6.65. The molecule has 0 radical (unpaired) electrons. The summed E-state index contributed by atoms with van der Waals surface area (Å²) >= 11 is 0. The zero-order chi connectivity index (χ0) is 16.4. The van der Waals surface area contributed by atoms with Crippen LogP contribution in [0.3, 0.4) is 0 Å². The van der Waals surface area contributed by atoms with Crippen LogP contribution < -0.4 is 4.90 Å². The Morgan fingerprint density at radius 2 is 1.70 bits per heavy atom. The predicted molar refractivity (Wildman–Crippen MR) is 83.3 cm³/mol. The Balaban J connectivity index is 1.77. The molecule has 1 aromatic heterocycles. The van der Waals surface area contributed by atoms with Crippen LogP contribution in [0.1, 0.15) is 56.3 Å². The summed E-state index contributed by atoms with van der Waals surface area (Å²) in [6.45, 7) is 3.15. The van der Waals surface area contributed by atoms with Gasteiger partial charge < -0.3 is 4.90 Å². The summed E-state index contributed by atoms with van der Waals surface area (Å²) in [7, 11) is 0. The molecule has 3 rings (SSSR count). The monoisotopic (exact) mass is 327 g/mol. The van der Waals surface area contributed by atoms with Gasteiger partial charge >= 0.3 is 6.18 Å². The van der Waals surface area contributed by atoms with Crippen molar-refractivity contribution in [3.63, 3.8) is 0 Å². The lowest BCUT2D eigenvalue weighted by Gasteiger charge is -2.38. The first kappa shape index (κ1) is 16.5. The third-order valence-corrected chi connectivity index (χ3v) is 5.19. The smallest absolute Gasteiger partial charge is 0.341 e. The van der Waals surface area contributed by atoms with Gasteiger partial charge in [-0.1, -0.05) is 32.1 Å². The lowest BCUT2D eigenvalue weighted by molar-refractivity contribution is -0.141. The summed E-state index contributed by atoms with van der Waals surface area (Å²) < 4.78 is 38.9. The number of hydrogen-bond acceptors (Lipinski definition) is 3. The Hall–Kier alpha value is -1.33. The van der Waals surface area contributed by atoms with Crippen molar-refractivity contribution in [3.8, 4) is 0 Å². The predicted octanol–water partition coefficient (Wildman–Crippen LogP) is 4.60. The fourth-order valence-corrected chi connectivity index (χ4v) is 4.02. The van der Waals surface area contributed by atoms with Crippen LogP contribution >= 0.6 is 0 Å². The maximum atomic E-state index is 13.0. The van der Waals surface area contributed by atoms with E-state index < -0.39 is 11.9 Å². The van der Waals surface area contributed by atoms with Crippen molar-refractivity contribution in [1.82, 2.24) is 9.97 Å². The highest BCUT2D eigenvalue weighted by Gasteiger charge is 2.35. The second-order valence-corrected chi connectivity index (χ2v) is 6.94. The number of aryl methyl sites for hydroxylation is 1. The first-order chi connectivity index (χ1) is 10.9. The number of aromatic nitrogens is 2. The Morgan fingerprint density at radius 1 is 1.00 bits per heavy atom. The van der Waals surface area contributed by atoms with Crippen molar-refractivity contribution in [1.29, 1.82) is 0 Å². The average molecular weight is 327 g/mol. The van der Waals surface area contributed by atoms with Crippen molar-refractivity contribution in [2.24, 2.45) is 11.8 Å². The highest BCUT2D eigenvalue weighted by atomic mass is 19.4. The van der Waals surface area contributed by atoms with Gasteiger partial charge in [0.15, 0.2) is 0 Å². The molecular formula is C17H24F3N3. The molecule has 1 saturated heterocycles. The van der Waals surface area contributed by atoms with E-state index in [1.54, 1.807) is 6.92 Å². The Morgan fingerprint density at radius 3 is 2.39 bits per heavy atom. The van der Waals surface area contributed by atoms with Crippen LogP contribution in [0, 0.1) is 18.8 Å². The van der Waals surface area contributed by atoms with E-state index >= 15 is 0 Å². The van der Waals surface area contributed by atoms with Crippen LogP contribution in [0.2, 0.25) is 0 Å². The minimum atomic E-state index is -4.42. The van der Waals surface area contributed by atoms with Crippen LogP contribution in [0.15, 0.2) is 6.07 Å². The van der Waals surface area contributed by atoms with E-state index in [-0.39, 0.29) is 5.95 Å². The first-order valence-corrected chi connectivity index (χ1v) is 8.61. The van der Waals surface area contributed by atoms with Gasteiger partial charge in [-0.25, -0.2) is 9.97 Å². The standard InChI is InChI=1S/C17H24F3N3/c1-12-10-15(17(18,19)20)22-16(21-12)23-9-5-8-14(11-23)13-6-3-2-4-7-13/h10,13-14H,2-9,11H2,1H3. The van der Waals surface area contributed by atoms with Crippen molar-refractivity contribution in [3.05, 3.63) is 17.5 Å². The Labute approximate surface area is 135 Å². The molecule has 0 bridgehead atoms. The highest BCUT2D eigenvalue weighted by molar-refractivity contribution is 5.34. The molecule has 1 aliphatic carbocycles. The molecule has 2 fully saturated rings. The van der Waals surface area contributed by atoms with Gasteiger partial charge in [-0.15, -0.1) is 0 Å². The molecule has 0 N–H and O–H groups in total.